The monoisotopic (exact) mass is 276 g/mol. The molecule has 0 unspecified atom stereocenters. The second kappa shape index (κ2) is 5.64. The summed E-state index contributed by atoms with van der Waals surface area (Å²) in [5, 5.41) is 0. The van der Waals surface area contributed by atoms with Gasteiger partial charge in [0.2, 0.25) is 0 Å². The fourth-order valence-corrected chi connectivity index (χ4v) is 5.16. The van der Waals surface area contributed by atoms with Gasteiger partial charge in [0.25, 0.3) is 17.7 Å². The minimum atomic E-state index is -4.25. The summed E-state index contributed by atoms with van der Waals surface area (Å²) >= 11 is 0. The Labute approximate surface area is 102 Å². The van der Waals surface area contributed by atoms with Crippen LogP contribution in [0.4, 0.5) is 0 Å². The van der Waals surface area contributed by atoms with E-state index < -0.39 is 17.7 Å². The van der Waals surface area contributed by atoms with E-state index in [0.717, 1.165) is 6.42 Å². The average Bonchev–Trinajstić information content (AvgIpc) is 2.30. The van der Waals surface area contributed by atoms with E-state index in [9.17, 15) is 16.8 Å². The Morgan fingerprint density at radius 1 is 0.941 bits per heavy atom. The van der Waals surface area contributed by atoms with E-state index >= 15 is 0 Å². The second-order valence-corrected chi connectivity index (χ2v) is 9.48. The lowest BCUT2D eigenvalue weighted by molar-refractivity contribution is 0.580. The zero-order chi connectivity index (χ0) is 12.9. The van der Waals surface area contributed by atoms with E-state index in [2.05, 4.69) is 0 Å². The SMILES string of the molecule is CCCCCS(=O)(=O)S(=O)(=O)c1ccccc1. The molecule has 0 aliphatic rings. The molecule has 0 spiro atoms. The summed E-state index contributed by atoms with van der Waals surface area (Å²) in [5.74, 6) is -0.307. The summed E-state index contributed by atoms with van der Waals surface area (Å²) in [5.41, 5.74) is 0. The van der Waals surface area contributed by atoms with E-state index in [0.29, 0.717) is 12.8 Å². The lowest BCUT2D eigenvalue weighted by atomic mass is 10.3. The fourth-order valence-electron chi connectivity index (χ4n) is 1.37. The molecule has 4 nitrogen and oxygen atoms in total. The molecule has 0 amide bonds. The van der Waals surface area contributed by atoms with Gasteiger partial charge in [-0.15, -0.1) is 0 Å². The third-order valence-corrected chi connectivity index (χ3v) is 7.75. The van der Waals surface area contributed by atoms with Gasteiger partial charge in [0.05, 0.1) is 10.6 Å². The molecule has 0 radical (unpaired) electrons. The summed E-state index contributed by atoms with van der Waals surface area (Å²) in [7, 11) is -8.36. The molecule has 0 N–H and O–H groups in total. The maximum atomic E-state index is 11.9. The highest BCUT2D eigenvalue weighted by molar-refractivity contribution is 8.67. The van der Waals surface area contributed by atoms with E-state index in [-0.39, 0.29) is 10.6 Å². The van der Waals surface area contributed by atoms with Crippen molar-refractivity contribution in [2.75, 3.05) is 5.75 Å². The normalized spacial score (nSPS) is 12.5. The smallest absolute Gasteiger partial charge is 0.212 e. The van der Waals surface area contributed by atoms with Crippen molar-refractivity contribution in [1.29, 1.82) is 0 Å². The molecule has 0 aliphatic heterocycles. The molecule has 0 fully saturated rings. The van der Waals surface area contributed by atoms with Gasteiger partial charge in [0, 0.05) is 0 Å². The zero-order valence-corrected chi connectivity index (χ0v) is 11.3. The average molecular weight is 276 g/mol. The van der Waals surface area contributed by atoms with Crippen LogP contribution in [0.1, 0.15) is 26.2 Å². The second-order valence-electron chi connectivity index (χ2n) is 3.74. The minimum absolute atomic E-state index is 0.156. The summed E-state index contributed by atoms with van der Waals surface area (Å²) in [4.78, 5) is -0.156. The van der Waals surface area contributed by atoms with Crippen molar-refractivity contribution in [2.24, 2.45) is 0 Å². The third-order valence-electron chi connectivity index (χ3n) is 2.36. The maximum absolute atomic E-state index is 11.9. The highest BCUT2D eigenvalue weighted by Gasteiger charge is 2.30. The Bertz CT molecular complexity index is 544. The summed E-state index contributed by atoms with van der Waals surface area (Å²) in [6.45, 7) is 1.93. The van der Waals surface area contributed by atoms with Crippen LogP contribution in [0.5, 0.6) is 0 Å². The third kappa shape index (κ3) is 3.29. The molecule has 0 bridgehead atoms. The van der Waals surface area contributed by atoms with Gasteiger partial charge in [-0.25, -0.2) is 16.8 Å². The van der Waals surface area contributed by atoms with Crippen molar-refractivity contribution >= 4 is 17.7 Å². The van der Waals surface area contributed by atoms with Crippen LogP contribution in [0.15, 0.2) is 35.2 Å². The molecule has 0 aromatic heterocycles. The molecule has 1 aromatic rings. The predicted octanol–water partition coefficient (Wildman–Crippen LogP) is 1.98. The van der Waals surface area contributed by atoms with Crippen molar-refractivity contribution in [3.63, 3.8) is 0 Å². The van der Waals surface area contributed by atoms with Gasteiger partial charge in [-0.2, -0.15) is 0 Å². The number of hydrogen-bond acceptors (Lipinski definition) is 4. The fraction of sp³-hybridized carbons (Fsp3) is 0.455. The largest absolute Gasteiger partial charge is 0.282 e. The van der Waals surface area contributed by atoms with E-state index in [1.165, 1.54) is 24.3 Å². The molecule has 1 rings (SSSR count). The van der Waals surface area contributed by atoms with Gasteiger partial charge in [0.15, 0.2) is 0 Å². The van der Waals surface area contributed by atoms with Gasteiger partial charge in [-0.1, -0.05) is 38.0 Å². The molecule has 1 aromatic carbocycles. The standard InChI is InChI=1S/C11H16O4S2/c1-2-3-7-10-16(12,13)17(14,15)11-8-5-4-6-9-11/h4-6,8-9H,2-3,7,10H2,1H3. The minimum Gasteiger partial charge on any atom is -0.212 e. The lowest BCUT2D eigenvalue weighted by Gasteiger charge is -2.05. The van der Waals surface area contributed by atoms with E-state index in [4.69, 9.17) is 0 Å². The molecule has 0 saturated heterocycles. The molecule has 0 atom stereocenters. The first kappa shape index (κ1) is 14.2. The van der Waals surface area contributed by atoms with Gasteiger partial charge < -0.3 is 0 Å². The molecule has 96 valence electrons. The highest BCUT2D eigenvalue weighted by atomic mass is 33.2. The van der Waals surface area contributed by atoms with Crippen molar-refractivity contribution in [1.82, 2.24) is 0 Å². The Kier molecular flexibility index (Phi) is 4.70. The van der Waals surface area contributed by atoms with Crippen LogP contribution in [0.3, 0.4) is 0 Å². The number of hydrogen-bond donors (Lipinski definition) is 0. The Morgan fingerprint density at radius 3 is 2.06 bits per heavy atom. The van der Waals surface area contributed by atoms with E-state index in [1.54, 1.807) is 6.07 Å². The van der Waals surface area contributed by atoms with Crippen LogP contribution in [0.2, 0.25) is 0 Å². The molecule has 0 aliphatic carbocycles. The lowest BCUT2D eigenvalue weighted by Crippen LogP contribution is -2.19. The van der Waals surface area contributed by atoms with Gasteiger partial charge in [0.1, 0.15) is 0 Å². The number of unbranched alkanes of at least 4 members (excludes halogenated alkanes) is 2. The van der Waals surface area contributed by atoms with Crippen LogP contribution in [0.25, 0.3) is 0 Å². The molecule has 0 heterocycles. The first-order valence-electron chi connectivity index (χ1n) is 5.44. The van der Waals surface area contributed by atoms with Crippen LogP contribution in [-0.2, 0) is 17.7 Å². The van der Waals surface area contributed by atoms with Crippen molar-refractivity contribution in [3.05, 3.63) is 30.3 Å². The molecular formula is C11H16O4S2. The number of rotatable bonds is 6. The highest BCUT2D eigenvalue weighted by Crippen LogP contribution is 2.18. The van der Waals surface area contributed by atoms with Gasteiger partial charge >= 0.3 is 0 Å². The van der Waals surface area contributed by atoms with Crippen LogP contribution in [0, 0.1) is 0 Å². The molecule has 17 heavy (non-hydrogen) atoms. The van der Waals surface area contributed by atoms with Gasteiger partial charge in [-0.05, 0) is 18.6 Å². The summed E-state index contributed by atoms with van der Waals surface area (Å²) in [6, 6.07) is 7.25. The molecule has 6 heteroatoms. The van der Waals surface area contributed by atoms with Crippen molar-refractivity contribution in [2.45, 2.75) is 31.1 Å². The summed E-state index contributed by atoms with van der Waals surface area (Å²) < 4.78 is 47.2. The Hall–Kier alpha value is -0.880. The summed E-state index contributed by atoms with van der Waals surface area (Å²) in [6.07, 6.45) is 1.94. The van der Waals surface area contributed by atoms with Crippen molar-refractivity contribution < 1.29 is 16.8 Å². The molecular weight excluding hydrogens is 260 g/mol. The zero-order valence-electron chi connectivity index (χ0n) is 9.66. The Morgan fingerprint density at radius 2 is 1.53 bits per heavy atom. The Balaban J connectivity index is 2.99. The molecule has 0 saturated carbocycles. The van der Waals surface area contributed by atoms with Gasteiger partial charge in [-0.3, -0.25) is 0 Å². The van der Waals surface area contributed by atoms with Crippen molar-refractivity contribution in [3.8, 4) is 0 Å². The first-order valence-corrected chi connectivity index (χ1v) is 9.10. The van der Waals surface area contributed by atoms with Crippen LogP contribution < -0.4 is 0 Å². The van der Waals surface area contributed by atoms with Crippen LogP contribution in [-0.4, -0.2) is 22.6 Å². The quantitative estimate of drug-likeness (QED) is 0.588. The predicted molar refractivity (Wildman–Crippen MR) is 66.9 cm³/mol. The number of benzene rings is 1. The topological polar surface area (TPSA) is 68.3 Å². The van der Waals surface area contributed by atoms with Crippen LogP contribution >= 0.6 is 0 Å². The first-order chi connectivity index (χ1) is 7.92. The maximum Gasteiger partial charge on any atom is 0.282 e. The van der Waals surface area contributed by atoms with E-state index in [1.807, 2.05) is 6.92 Å².